The zero-order valence-corrected chi connectivity index (χ0v) is 16.1. The van der Waals surface area contributed by atoms with Crippen LogP contribution in [-0.4, -0.2) is 31.1 Å². The number of amides is 1. The largest absolute Gasteiger partial charge is 0.480 e. The molecule has 0 unspecified atom stereocenters. The number of carboxylic acids is 1. The van der Waals surface area contributed by atoms with Crippen LogP contribution in [0.4, 0.5) is 0 Å². The molecule has 1 aromatic rings. The van der Waals surface area contributed by atoms with Gasteiger partial charge in [-0.25, -0.2) is 4.79 Å². The van der Waals surface area contributed by atoms with Crippen molar-refractivity contribution >= 4 is 20.0 Å². The van der Waals surface area contributed by atoms with E-state index >= 15 is 0 Å². The Bertz CT molecular complexity index is 636. The normalized spacial score (nSPS) is 12.7. The van der Waals surface area contributed by atoms with E-state index in [9.17, 15) is 14.7 Å². The predicted molar refractivity (Wildman–Crippen MR) is 99.3 cm³/mol. The first-order valence-corrected chi connectivity index (χ1v) is 11.1. The van der Waals surface area contributed by atoms with Gasteiger partial charge in [0.25, 0.3) is 0 Å². The lowest BCUT2D eigenvalue weighted by molar-refractivity contribution is -0.141. The molecule has 0 spiro atoms. The summed E-state index contributed by atoms with van der Waals surface area (Å²) in [6, 6.07) is 8.28. The standard InChI is InChI=1S/C19H27NO3Si/c1-19(2,3)24(4,5)13-9-12-16(18(22)23)20-17(21)14-15-10-7-6-8-11-15/h6-8,10-11,16H,12,14H2,1-5H3,(H,20,21)(H,22,23)/t16-/m1/s1. The summed E-state index contributed by atoms with van der Waals surface area (Å²) in [5, 5.41) is 12.0. The van der Waals surface area contributed by atoms with Crippen molar-refractivity contribution in [2.45, 2.75) is 57.8 Å². The van der Waals surface area contributed by atoms with Gasteiger partial charge in [-0.05, 0) is 10.6 Å². The molecular formula is C19H27NO3Si. The molecule has 0 aliphatic rings. The fraction of sp³-hybridized carbons (Fsp3) is 0.474. The predicted octanol–water partition coefficient (Wildman–Crippen LogP) is 3.24. The lowest BCUT2D eigenvalue weighted by Gasteiger charge is -2.31. The van der Waals surface area contributed by atoms with Gasteiger partial charge >= 0.3 is 5.97 Å². The molecule has 0 saturated heterocycles. The molecule has 1 aromatic carbocycles. The number of carbonyl (C=O) groups excluding carboxylic acids is 1. The highest BCUT2D eigenvalue weighted by molar-refractivity contribution is 6.87. The fourth-order valence-electron chi connectivity index (χ4n) is 1.79. The third-order valence-corrected chi connectivity index (χ3v) is 8.97. The van der Waals surface area contributed by atoms with Crippen molar-refractivity contribution in [1.82, 2.24) is 5.32 Å². The molecule has 24 heavy (non-hydrogen) atoms. The van der Waals surface area contributed by atoms with Crippen LogP contribution >= 0.6 is 0 Å². The number of hydrogen-bond donors (Lipinski definition) is 2. The number of hydrogen-bond acceptors (Lipinski definition) is 2. The fourth-order valence-corrected chi connectivity index (χ4v) is 2.71. The van der Waals surface area contributed by atoms with E-state index in [1.807, 2.05) is 30.3 Å². The molecule has 1 atom stereocenters. The first kappa shape index (κ1) is 20.0. The Morgan fingerprint density at radius 3 is 2.29 bits per heavy atom. The minimum atomic E-state index is -1.77. The van der Waals surface area contributed by atoms with Crippen LogP contribution in [0, 0.1) is 11.5 Å². The summed E-state index contributed by atoms with van der Waals surface area (Å²) in [6.45, 7) is 10.8. The molecule has 0 fully saturated rings. The molecule has 0 saturated carbocycles. The lowest BCUT2D eigenvalue weighted by atomic mass is 10.1. The van der Waals surface area contributed by atoms with Gasteiger partial charge in [-0.1, -0.05) is 64.2 Å². The van der Waals surface area contributed by atoms with E-state index in [1.165, 1.54) is 0 Å². The summed E-state index contributed by atoms with van der Waals surface area (Å²) in [4.78, 5) is 23.4. The highest BCUT2D eigenvalue weighted by atomic mass is 28.3. The first-order chi connectivity index (χ1) is 11.0. The minimum Gasteiger partial charge on any atom is -0.480 e. The third kappa shape index (κ3) is 6.21. The molecule has 1 rings (SSSR count). The average Bonchev–Trinajstić information content (AvgIpc) is 2.45. The molecule has 4 nitrogen and oxygen atoms in total. The Balaban J connectivity index is 2.69. The number of carboxylic acid groups (broad SMARTS) is 1. The molecule has 0 aliphatic heterocycles. The van der Waals surface area contributed by atoms with E-state index in [0.717, 1.165) is 5.56 Å². The zero-order valence-electron chi connectivity index (χ0n) is 15.1. The van der Waals surface area contributed by atoms with Crippen LogP contribution in [0.1, 0.15) is 32.8 Å². The SMILES string of the molecule is CC(C)(C)[Si](C)(C)C#CC[C@@H](NC(=O)Cc1ccccc1)C(=O)O. The van der Waals surface area contributed by atoms with Gasteiger partial charge in [0.2, 0.25) is 5.91 Å². The number of aliphatic carboxylic acids is 1. The van der Waals surface area contributed by atoms with Crippen molar-refractivity contribution < 1.29 is 14.7 Å². The van der Waals surface area contributed by atoms with E-state index in [4.69, 9.17) is 0 Å². The second-order valence-corrected chi connectivity index (χ2v) is 12.5. The first-order valence-electron chi connectivity index (χ1n) is 8.09. The molecule has 130 valence electrons. The van der Waals surface area contributed by atoms with Gasteiger partial charge < -0.3 is 10.4 Å². The topological polar surface area (TPSA) is 66.4 Å². The molecule has 0 radical (unpaired) electrons. The van der Waals surface area contributed by atoms with Crippen LogP contribution in [0.2, 0.25) is 18.1 Å². The van der Waals surface area contributed by atoms with Gasteiger partial charge in [-0.3, -0.25) is 4.79 Å². The van der Waals surface area contributed by atoms with Gasteiger partial charge in [0.05, 0.1) is 6.42 Å². The number of rotatable bonds is 5. The molecule has 0 aromatic heterocycles. The van der Waals surface area contributed by atoms with Gasteiger partial charge in [0.1, 0.15) is 14.1 Å². The second kappa shape index (κ2) is 8.16. The maximum atomic E-state index is 12.0. The van der Waals surface area contributed by atoms with Crippen molar-refractivity contribution in [2.24, 2.45) is 0 Å². The summed E-state index contributed by atoms with van der Waals surface area (Å²) in [5.41, 5.74) is 4.13. The van der Waals surface area contributed by atoms with Crippen LogP contribution < -0.4 is 5.32 Å². The van der Waals surface area contributed by atoms with Crippen LogP contribution in [0.5, 0.6) is 0 Å². The Morgan fingerprint density at radius 1 is 1.21 bits per heavy atom. The summed E-state index contributed by atoms with van der Waals surface area (Å²) in [6.07, 6.45) is 0.294. The van der Waals surface area contributed by atoms with E-state index in [2.05, 4.69) is 50.6 Å². The van der Waals surface area contributed by atoms with Crippen LogP contribution in [-0.2, 0) is 16.0 Å². The van der Waals surface area contributed by atoms with Gasteiger partial charge in [0.15, 0.2) is 0 Å². The quantitative estimate of drug-likeness (QED) is 0.636. The minimum absolute atomic E-state index is 0.120. The van der Waals surface area contributed by atoms with Crippen molar-refractivity contribution in [2.75, 3.05) is 0 Å². The lowest BCUT2D eigenvalue weighted by Crippen LogP contribution is -2.41. The van der Waals surface area contributed by atoms with Crippen molar-refractivity contribution in [3.05, 3.63) is 35.9 Å². The highest BCUT2D eigenvalue weighted by Crippen LogP contribution is 2.35. The molecular weight excluding hydrogens is 318 g/mol. The zero-order chi connectivity index (χ0) is 18.4. The monoisotopic (exact) mass is 345 g/mol. The summed E-state index contributed by atoms with van der Waals surface area (Å²) >= 11 is 0. The maximum Gasteiger partial charge on any atom is 0.327 e. The van der Waals surface area contributed by atoms with Crippen molar-refractivity contribution in [3.63, 3.8) is 0 Å². The molecule has 0 aliphatic carbocycles. The van der Waals surface area contributed by atoms with Crippen LogP contribution in [0.15, 0.2) is 30.3 Å². The van der Waals surface area contributed by atoms with E-state index in [0.29, 0.717) is 0 Å². The third-order valence-electron chi connectivity index (χ3n) is 4.42. The van der Waals surface area contributed by atoms with Gasteiger partial charge in [0, 0.05) is 6.42 Å². The maximum absolute atomic E-state index is 12.0. The summed E-state index contributed by atoms with van der Waals surface area (Å²) in [7, 11) is -1.77. The number of carbonyl (C=O) groups is 2. The molecule has 5 heteroatoms. The smallest absolute Gasteiger partial charge is 0.327 e. The van der Waals surface area contributed by atoms with E-state index in [1.54, 1.807) is 0 Å². The Morgan fingerprint density at radius 2 is 1.79 bits per heavy atom. The van der Waals surface area contributed by atoms with Crippen LogP contribution in [0.3, 0.4) is 0 Å². The van der Waals surface area contributed by atoms with Gasteiger partial charge in [-0.2, -0.15) is 0 Å². The summed E-state index contributed by atoms with van der Waals surface area (Å²) in [5.74, 6) is 1.64. The molecule has 0 bridgehead atoms. The molecule has 0 heterocycles. The van der Waals surface area contributed by atoms with Gasteiger partial charge in [-0.15, -0.1) is 11.5 Å². The average molecular weight is 346 g/mol. The van der Waals surface area contributed by atoms with Crippen molar-refractivity contribution in [3.8, 4) is 11.5 Å². The molecule has 1 amide bonds. The Hall–Kier alpha value is -2.06. The molecule has 2 N–H and O–H groups in total. The number of benzene rings is 1. The number of nitrogens with one attached hydrogen (secondary N) is 1. The van der Waals surface area contributed by atoms with Crippen molar-refractivity contribution in [1.29, 1.82) is 0 Å². The summed E-state index contributed by atoms with van der Waals surface area (Å²) < 4.78 is 0. The Labute approximate surface area is 145 Å². The second-order valence-electron chi connectivity index (χ2n) is 7.50. The van der Waals surface area contributed by atoms with E-state index in [-0.39, 0.29) is 23.8 Å². The van der Waals surface area contributed by atoms with E-state index < -0.39 is 20.1 Å². The van der Waals surface area contributed by atoms with Crippen LogP contribution in [0.25, 0.3) is 0 Å². The Kier molecular flexibility index (Phi) is 6.79. The highest BCUT2D eigenvalue weighted by Gasteiger charge is 2.33.